The quantitative estimate of drug-likeness (QED) is 0.741. The predicted molar refractivity (Wildman–Crippen MR) is 69.3 cm³/mol. The number of carbonyl (C=O) groups excluding carboxylic acids is 3. The van der Waals surface area contributed by atoms with Crippen LogP contribution in [-0.4, -0.2) is 40.9 Å². The molecule has 1 aliphatic heterocycles. The van der Waals surface area contributed by atoms with Crippen molar-refractivity contribution in [2.24, 2.45) is 0 Å². The minimum Gasteiger partial charge on any atom is -0.352 e. The van der Waals surface area contributed by atoms with E-state index in [1.165, 1.54) is 0 Å². The molecule has 0 atom stereocenters. The molecule has 1 saturated heterocycles. The van der Waals surface area contributed by atoms with Gasteiger partial charge >= 0.3 is 6.03 Å². The van der Waals surface area contributed by atoms with Gasteiger partial charge < -0.3 is 10.6 Å². The SMILES string of the molecule is CC(C)NC(=O)CN1C(=O)NC2(CCCCC2)C1=O. The molecule has 2 N–H and O–H groups in total. The Morgan fingerprint density at radius 1 is 1.32 bits per heavy atom. The smallest absolute Gasteiger partial charge is 0.325 e. The molecule has 6 nitrogen and oxygen atoms in total. The highest BCUT2D eigenvalue weighted by molar-refractivity contribution is 6.09. The zero-order valence-electron chi connectivity index (χ0n) is 11.5. The van der Waals surface area contributed by atoms with Crippen LogP contribution < -0.4 is 10.6 Å². The molecule has 1 saturated carbocycles. The minimum atomic E-state index is -0.743. The predicted octanol–water partition coefficient (Wildman–Crippen LogP) is 0.766. The minimum absolute atomic E-state index is 0.00286. The Hall–Kier alpha value is -1.59. The number of hydrogen-bond donors (Lipinski definition) is 2. The number of rotatable bonds is 3. The van der Waals surface area contributed by atoms with Crippen molar-refractivity contribution >= 4 is 17.8 Å². The summed E-state index contributed by atoms with van der Waals surface area (Å²) in [6, 6.07) is -0.442. The second kappa shape index (κ2) is 5.19. The van der Waals surface area contributed by atoms with Gasteiger partial charge in [0.25, 0.3) is 5.91 Å². The molecule has 6 heteroatoms. The van der Waals surface area contributed by atoms with E-state index >= 15 is 0 Å². The van der Waals surface area contributed by atoms with Gasteiger partial charge in [-0.25, -0.2) is 4.79 Å². The second-order valence-electron chi connectivity index (χ2n) is 5.69. The first-order chi connectivity index (χ1) is 8.94. The third-order valence-electron chi connectivity index (χ3n) is 3.70. The summed E-state index contributed by atoms with van der Waals surface area (Å²) in [4.78, 5) is 37.0. The molecule has 0 aromatic heterocycles. The van der Waals surface area contributed by atoms with Crippen LogP contribution in [0.15, 0.2) is 0 Å². The fourth-order valence-electron chi connectivity index (χ4n) is 2.83. The second-order valence-corrected chi connectivity index (χ2v) is 5.69. The van der Waals surface area contributed by atoms with E-state index in [1.807, 2.05) is 13.8 Å². The number of nitrogens with zero attached hydrogens (tertiary/aromatic N) is 1. The van der Waals surface area contributed by atoms with Gasteiger partial charge in [0.2, 0.25) is 5.91 Å². The van der Waals surface area contributed by atoms with E-state index in [4.69, 9.17) is 0 Å². The van der Waals surface area contributed by atoms with Gasteiger partial charge in [-0.3, -0.25) is 14.5 Å². The van der Waals surface area contributed by atoms with Crippen molar-refractivity contribution in [2.75, 3.05) is 6.54 Å². The molecular formula is C13H21N3O3. The molecule has 2 aliphatic rings. The maximum absolute atomic E-state index is 12.4. The van der Waals surface area contributed by atoms with Crippen LogP contribution in [0.4, 0.5) is 4.79 Å². The van der Waals surface area contributed by atoms with Gasteiger partial charge in [-0.15, -0.1) is 0 Å². The summed E-state index contributed by atoms with van der Waals surface area (Å²) in [5, 5.41) is 5.47. The maximum Gasteiger partial charge on any atom is 0.325 e. The van der Waals surface area contributed by atoms with Crippen molar-refractivity contribution in [1.82, 2.24) is 15.5 Å². The van der Waals surface area contributed by atoms with Gasteiger partial charge in [0.1, 0.15) is 12.1 Å². The molecule has 106 valence electrons. The van der Waals surface area contributed by atoms with Crippen LogP contribution >= 0.6 is 0 Å². The molecule has 0 aromatic rings. The highest BCUT2D eigenvalue weighted by Gasteiger charge is 2.51. The fourth-order valence-corrected chi connectivity index (χ4v) is 2.83. The first kappa shape index (κ1) is 13.8. The van der Waals surface area contributed by atoms with Gasteiger partial charge in [0.15, 0.2) is 0 Å². The molecule has 19 heavy (non-hydrogen) atoms. The van der Waals surface area contributed by atoms with Gasteiger partial charge in [-0.05, 0) is 26.7 Å². The van der Waals surface area contributed by atoms with Crippen LogP contribution in [0, 0.1) is 0 Å². The first-order valence-electron chi connectivity index (χ1n) is 6.88. The van der Waals surface area contributed by atoms with Crippen molar-refractivity contribution in [3.63, 3.8) is 0 Å². The average Bonchev–Trinajstić information content (AvgIpc) is 2.54. The number of amides is 4. The summed E-state index contributed by atoms with van der Waals surface area (Å²) in [5.74, 6) is -0.539. The van der Waals surface area contributed by atoms with Gasteiger partial charge in [-0.2, -0.15) is 0 Å². The Kier molecular flexibility index (Phi) is 3.78. The summed E-state index contributed by atoms with van der Waals surface area (Å²) in [6.45, 7) is 3.49. The highest BCUT2D eigenvalue weighted by atomic mass is 16.2. The maximum atomic E-state index is 12.4. The van der Waals surface area contributed by atoms with E-state index in [9.17, 15) is 14.4 Å². The lowest BCUT2D eigenvalue weighted by atomic mass is 9.82. The van der Waals surface area contributed by atoms with E-state index in [2.05, 4.69) is 10.6 Å². The van der Waals surface area contributed by atoms with Crippen molar-refractivity contribution in [2.45, 2.75) is 57.5 Å². The van der Waals surface area contributed by atoms with Crippen molar-refractivity contribution in [3.8, 4) is 0 Å². The Morgan fingerprint density at radius 2 is 1.95 bits per heavy atom. The van der Waals surface area contributed by atoms with Crippen LogP contribution in [0.2, 0.25) is 0 Å². The van der Waals surface area contributed by atoms with E-state index in [-0.39, 0.29) is 24.4 Å². The Bertz CT molecular complexity index is 400. The molecule has 2 fully saturated rings. The number of urea groups is 1. The molecule has 0 aromatic carbocycles. The molecule has 2 rings (SSSR count). The summed E-state index contributed by atoms with van der Waals surface area (Å²) in [7, 11) is 0. The highest BCUT2D eigenvalue weighted by Crippen LogP contribution is 2.33. The lowest BCUT2D eigenvalue weighted by Gasteiger charge is -2.30. The standard InChI is InChI=1S/C13H21N3O3/c1-9(2)14-10(17)8-16-11(18)13(15-12(16)19)6-4-3-5-7-13/h9H,3-8H2,1-2H3,(H,14,17)(H,15,19). The molecule has 0 unspecified atom stereocenters. The third-order valence-corrected chi connectivity index (χ3v) is 3.70. The molecule has 0 radical (unpaired) electrons. The zero-order valence-corrected chi connectivity index (χ0v) is 11.5. The van der Waals surface area contributed by atoms with Crippen LogP contribution in [0.1, 0.15) is 46.0 Å². The molecule has 1 heterocycles. The van der Waals surface area contributed by atoms with Crippen molar-refractivity contribution in [3.05, 3.63) is 0 Å². The molecule has 1 aliphatic carbocycles. The number of carbonyl (C=O) groups is 3. The lowest BCUT2D eigenvalue weighted by molar-refractivity contribution is -0.136. The van der Waals surface area contributed by atoms with Crippen LogP contribution in [0.3, 0.4) is 0 Å². The lowest BCUT2D eigenvalue weighted by Crippen LogP contribution is -2.49. The van der Waals surface area contributed by atoms with Crippen LogP contribution in [0.25, 0.3) is 0 Å². The van der Waals surface area contributed by atoms with Gasteiger partial charge in [0.05, 0.1) is 0 Å². The van der Waals surface area contributed by atoms with Gasteiger partial charge in [0, 0.05) is 6.04 Å². The topological polar surface area (TPSA) is 78.5 Å². The van der Waals surface area contributed by atoms with E-state index in [0.717, 1.165) is 24.2 Å². The largest absolute Gasteiger partial charge is 0.352 e. The van der Waals surface area contributed by atoms with E-state index < -0.39 is 11.6 Å². The number of imide groups is 1. The van der Waals surface area contributed by atoms with E-state index in [1.54, 1.807) is 0 Å². The Balaban J connectivity index is 2.04. The van der Waals surface area contributed by atoms with Crippen molar-refractivity contribution < 1.29 is 14.4 Å². The number of hydrogen-bond acceptors (Lipinski definition) is 3. The Labute approximate surface area is 112 Å². The summed E-state index contributed by atoms with van der Waals surface area (Å²) < 4.78 is 0. The summed E-state index contributed by atoms with van der Waals surface area (Å²) >= 11 is 0. The molecule has 0 bridgehead atoms. The molecule has 4 amide bonds. The van der Waals surface area contributed by atoms with Crippen molar-refractivity contribution in [1.29, 1.82) is 0 Å². The fraction of sp³-hybridized carbons (Fsp3) is 0.769. The average molecular weight is 267 g/mol. The number of nitrogens with one attached hydrogen (secondary N) is 2. The van der Waals surface area contributed by atoms with Crippen LogP contribution in [0.5, 0.6) is 0 Å². The summed E-state index contributed by atoms with van der Waals surface area (Å²) in [6.07, 6.45) is 4.34. The molecule has 1 spiro atoms. The third kappa shape index (κ3) is 2.72. The van der Waals surface area contributed by atoms with Crippen LogP contribution in [-0.2, 0) is 9.59 Å². The summed E-state index contributed by atoms with van der Waals surface area (Å²) in [5.41, 5.74) is -0.743. The molecular weight excluding hydrogens is 246 g/mol. The Morgan fingerprint density at radius 3 is 2.53 bits per heavy atom. The monoisotopic (exact) mass is 267 g/mol. The van der Waals surface area contributed by atoms with Gasteiger partial charge in [-0.1, -0.05) is 19.3 Å². The zero-order chi connectivity index (χ0) is 14.0. The first-order valence-corrected chi connectivity index (χ1v) is 6.88. The normalized spacial score (nSPS) is 21.9. The van der Waals surface area contributed by atoms with E-state index in [0.29, 0.717) is 12.8 Å².